The highest BCUT2D eigenvalue weighted by atomic mass is 16.5. The van der Waals surface area contributed by atoms with E-state index in [0.29, 0.717) is 25.2 Å². The second-order valence-corrected chi connectivity index (χ2v) is 5.59. The van der Waals surface area contributed by atoms with Crippen LogP contribution in [0.15, 0.2) is 0 Å². The minimum Gasteiger partial charge on any atom is -0.382 e. The molecule has 0 amide bonds. The van der Waals surface area contributed by atoms with Crippen LogP contribution >= 0.6 is 0 Å². The molecule has 4 unspecified atom stereocenters. The zero-order chi connectivity index (χ0) is 12.7. The number of hydrogen-bond donors (Lipinski definition) is 1. The summed E-state index contributed by atoms with van der Waals surface area (Å²) >= 11 is 0. The van der Waals surface area contributed by atoms with E-state index >= 15 is 0 Å². The van der Waals surface area contributed by atoms with E-state index in [9.17, 15) is 0 Å². The van der Waals surface area contributed by atoms with Crippen LogP contribution < -0.4 is 5.73 Å². The Bertz CT molecular complexity index is 199. The van der Waals surface area contributed by atoms with Crippen molar-refractivity contribution < 1.29 is 9.47 Å². The van der Waals surface area contributed by atoms with E-state index in [1.807, 2.05) is 0 Å². The predicted molar refractivity (Wildman–Crippen MR) is 71.0 cm³/mol. The second kappa shape index (κ2) is 8.06. The number of nitrogens with two attached hydrogens (primary N) is 1. The highest BCUT2D eigenvalue weighted by Gasteiger charge is 2.28. The topological polar surface area (TPSA) is 44.5 Å². The van der Waals surface area contributed by atoms with E-state index in [2.05, 4.69) is 13.8 Å². The Morgan fingerprint density at radius 2 is 1.88 bits per heavy atom. The third-order valence-corrected chi connectivity index (χ3v) is 4.27. The molecule has 17 heavy (non-hydrogen) atoms. The van der Waals surface area contributed by atoms with Gasteiger partial charge in [-0.2, -0.15) is 0 Å². The first-order chi connectivity index (χ1) is 8.15. The first-order valence-corrected chi connectivity index (χ1v) is 6.97. The highest BCUT2D eigenvalue weighted by Crippen LogP contribution is 2.35. The third-order valence-electron chi connectivity index (χ3n) is 4.27. The lowest BCUT2D eigenvalue weighted by Crippen LogP contribution is -2.36. The molecule has 1 aliphatic carbocycles. The Morgan fingerprint density at radius 3 is 2.53 bits per heavy atom. The van der Waals surface area contributed by atoms with E-state index in [1.54, 1.807) is 7.11 Å². The van der Waals surface area contributed by atoms with Crippen molar-refractivity contribution in [3.05, 3.63) is 0 Å². The molecular weight excluding hydrogens is 214 g/mol. The van der Waals surface area contributed by atoms with Crippen LogP contribution in [0.1, 0.15) is 39.5 Å². The van der Waals surface area contributed by atoms with Crippen LogP contribution in [0.3, 0.4) is 0 Å². The van der Waals surface area contributed by atoms with Crippen LogP contribution in [0.5, 0.6) is 0 Å². The Morgan fingerprint density at radius 1 is 1.12 bits per heavy atom. The van der Waals surface area contributed by atoms with Gasteiger partial charge in [0.2, 0.25) is 0 Å². The second-order valence-electron chi connectivity index (χ2n) is 5.59. The zero-order valence-electron chi connectivity index (χ0n) is 11.7. The van der Waals surface area contributed by atoms with Crippen LogP contribution in [-0.2, 0) is 9.47 Å². The van der Waals surface area contributed by atoms with Crippen molar-refractivity contribution in [1.29, 1.82) is 0 Å². The normalized spacial score (nSPS) is 31.4. The van der Waals surface area contributed by atoms with Gasteiger partial charge in [0, 0.05) is 19.8 Å². The van der Waals surface area contributed by atoms with Gasteiger partial charge < -0.3 is 15.2 Å². The molecule has 1 rings (SSSR count). The fraction of sp³-hybridized carbons (Fsp3) is 1.00. The molecule has 0 spiro atoms. The lowest BCUT2D eigenvalue weighted by molar-refractivity contribution is 0.0618. The zero-order valence-corrected chi connectivity index (χ0v) is 11.7. The molecule has 0 aromatic rings. The molecule has 3 nitrogen and oxygen atoms in total. The number of methoxy groups -OCH3 is 1. The molecule has 2 N–H and O–H groups in total. The Balaban J connectivity index is 2.12. The summed E-state index contributed by atoms with van der Waals surface area (Å²) < 4.78 is 10.4. The van der Waals surface area contributed by atoms with Crippen molar-refractivity contribution in [1.82, 2.24) is 0 Å². The standard InChI is InChI=1S/C14H29NO2/c1-11-4-5-13(10-12(11)2)14(15)6-7-17-9-8-16-3/h11-14H,4-10,15H2,1-3H3. The van der Waals surface area contributed by atoms with Crippen molar-refractivity contribution in [3.8, 4) is 0 Å². The van der Waals surface area contributed by atoms with Crippen molar-refractivity contribution in [2.75, 3.05) is 26.9 Å². The molecular formula is C14H29NO2. The maximum atomic E-state index is 6.26. The first kappa shape index (κ1) is 14.9. The average Bonchev–Trinajstić information content (AvgIpc) is 2.32. The van der Waals surface area contributed by atoms with Crippen molar-refractivity contribution >= 4 is 0 Å². The summed E-state index contributed by atoms with van der Waals surface area (Å²) in [5.41, 5.74) is 6.26. The maximum absolute atomic E-state index is 6.26. The van der Waals surface area contributed by atoms with Gasteiger partial charge in [-0.1, -0.05) is 20.3 Å². The molecule has 0 bridgehead atoms. The van der Waals surface area contributed by atoms with Gasteiger partial charge in [-0.15, -0.1) is 0 Å². The smallest absolute Gasteiger partial charge is 0.0700 e. The van der Waals surface area contributed by atoms with Crippen LogP contribution in [0.2, 0.25) is 0 Å². The van der Waals surface area contributed by atoms with E-state index in [-0.39, 0.29) is 0 Å². The predicted octanol–water partition coefficient (Wildman–Crippen LogP) is 2.44. The number of ether oxygens (including phenoxy) is 2. The lowest BCUT2D eigenvalue weighted by Gasteiger charge is -2.35. The number of hydrogen-bond acceptors (Lipinski definition) is 3. The molecule has 0 heterocycles. The van der Waals surface area contributed by atoms with Gasteiger partial charge in [-0.25, -0.2) is 0 Å². The Hall–Kier alpha value is -0.120. The monoisotopic (exact) mass is 243 g/mol. The molecule has 1 aliphatic rings. The van der Waals surface area contributed by atoms with Gasteiger partial charge >= 0.3 is 0 Å². The molecule has 0 aliphatic heterocycles. The van der Waals surface area contributed by atoms with Crippen molar-refractivity contribution in [2.24, 2.45) is 23.5 Å². The van der Waals surface area contributed by atoms with Gasteiger partial charge in [0.1, 0.15) is 0 Å². The summed E-state index contributed by atoms with van der Waals surface area (Å²) in [4.78, 5) is 0. The molecule has 102 valence electrons. The molecule has 4 atom stereocenters. The third kappa shape index (κ3) is 5.36. The first-order valence-electron chi connectivity index (χ1n) is 6.97. The summed E-state index contributed by atoms with van der Waals surface area (Å²) in [7, 11) is 1.69. The highest BCUT2D eigenvalue weighted by molar-refractivity contribution is 4.81. The van der Waals surface area contributed by atoms with E-state index in [4.69, 9.17) is 15.2 Å². The van der Waals surface area contributed by atoms with E-state index in [0.717, 1.165) is 24.9 Å². The average molecular weight is 243 g/mol. The largest absolute Gasteiger partial charge is 0.382 e. The molecule has 0 aromatic heterocycles. The summed E-state index contributed by atoms with van der Waals surface area (Å²) in [5, 5.41) is 0. The van der Waals surface area contributed by atoms with Gasteiger partial charge in [-0.3, -0.25) is 0 Å². The molecule has 1 fully saturated rings. The molecule has 0 radical (unpaired) electrons. The minimum absolute atomic E-state index is 0.312. The van der Waals surface area contributed by atoms with Crippen LogP contribution in [-0.4, -0.2) is 33.0 Å². The van der Waals surface area contributed by atoms with Gasteiger partial charge in [0.05, 0.1) is 13.2 Å². The lowest BCUT2D eigenvalue weighted by atomic mass is 9.73. The van der Waals surface area contributed by atoms with Gasteiger partial charge in [0.25, 0.3) is 0 Å². The van der Waals surface area contributed by atoms with E-state index in [1.165, 1.54) is 19.3 Å². The van der Waals surface area contributed by atoms with Crippen LogP contribution in [0, 0.1) is 17.8 Å². The SMILES string of the molecule is COCCOCCC(N)C1CCC(C)C(C)C1. The van der Waals surface area contributed by atoms with Crippen LogP contribution in [0.4, 0.5) is 0 Å². The molecule has 0 saturated heterocycles. The van der Waals surface area contributed by atoms with Crippen molar-refractivity contribution in [2.45, 2.75) is 45.6 Å². The minimum atomic E-state index is 0.312. The maximum Gasteiger partial charge on any atom is 0.0700 e. The Labute approximate surface area is 106 Å². The van der Waals surface area contributed by atoms with Gasteiger partial charge in [0.15, 0.2) is 0 Å². The van der Waals surface area contributed by atoms with Crippen LogP contribution in [0.25, 0.3) is 0 Å². The fourth-order valence-electron chi connectivity index (χ4n) is 2.68. The summed E-state index contributed by atoms with van der Waals surface area (Å²) in [5.74, 6) is 2.40. The van der Waals surface area contributed by atoms with Gasteiger partial charge in [-0.05, 0) is 37.0 Å². The Kier molecular flexibility index (Phi) is 7.09. The summed E-state index contributed by atoms with van der Waals surface area (Å²) in [6.45, 7) is 6.85. The molecule has 3 heteroatoms. The number of rotatable bonds is 7. The summed E-state index contributed by atoms with van der Waals surface area (Å²) in [6, 6.07) is 0.312. The molecule has 1 saturated carbocycles. The van der Waals surface area contributed by atoms with Crippen molar-refractivity contribution in [3.63, 3.8) is 0 Å². The summed E-state index contributed by atoms with van der Waals surface area (Å²) in [6.07, 6.45) is 4.91. The quantitative estimate of drug-likeness (QED) is 0.699. The van der Waals surface area contributed by atoms with E-state index < -0.39 is 0 Å². The fourth-order valence-corrected chi connectivity index (χ4v) is 2.68. The molecule has 0 aromatic carbocycles.